The lowest BCUT2D eigenvalue weighted by molar-refractivity contribution is 0.0438. The van der Waals surface area contributed by atoms with Crippen molar-refractivity contribution in [3.8, 4) is 5.75 Å². The van der Waals surface area contributed by atoms with Gasteiger partial charge in [-0.2, -0.15) is 0 Å². The minimum absolute atomic E-state index is 0.288. The third-order valence-corrected chi connectivity index (χ3v) is 3.59. The summed E-state index contributed by atoms with van der Waals surface area (Å²) in [5.41, 5.74) is 1.08. The van der Waals surface area contributed by atoms with Crippen molar-refractivity contribution in [3.05, 3.63) is 29.8 Å². The van der Waals surface area contributed by atoms with Crippen LogP contribution in [-0.4, -0.2) is 31.5 Å². The molecule has 0 saturated carbocycles. The van der Waals surface area contributed by atoms with Gasteiger partial charge < -0.3 is 14.6 Å². The summed E-state index contributed by atoms with van der Waals surface area (Å²) in [6, 6.07) is 7.90. The Bertz CT molecular complexity index is 359. The van der Waals surface area contributed by atoms with E-state index in [-0.39, 0.29) is 6.10 Å². The number of aliphatic hydroxyl groups is 1. The molecule has 1 unspecified atom stereocenters. The molecule has 1 N–H and O–H groups in total. The average Bonchev–Trinajstić information content (AvgIpc) is 2.40. The van der Waals surface area contributed by atoms with Gasteiger partial charge in [-0.05, 0) is 36.8 Å². The number of methoxy groups -OCH3 is 1. The third-order valence-electron chi connectivity index (χ3n) is 3.59. The van der Waals surface area contributed by atoms with Gasteiger partial charge in [0.15, 0.2) is 0 Å². The molecule has 1 aromatic carbocycles. The molecule has 0 aliphatic carbocycles. The summed E-state index contributed by atoms with van der Waals surface area (Å²) in [7, 11) is 1.67. The Labute approximate surface area is 109 Å². The highest BCUT2D eigenvalue weighted by molar-refractivity contribution is 5.33. The zero-order valence-corrected chi connectivity index (χ0v) is 11.0. The number of hydrogen-bond acceptors (Lipinski definition) is 3. The van der Waals surface area contributed by atoms with Crippen LogP contribution in [0.25, 0.3) is 0 Å². The number of rotatable bonds is 5. The van der Waals surface area contributed by atoms with Crippen LogP contribution in [0.2, 0.25) is 0 Å². The highest BCUT2D eigenvalue weighted by Gasteiger charge is 2.18. The van der Waals surface area contributed by atoms with Gasteiger partial charge in [0.05, 0.1) is 13.2 Å². The molecular formula is C15H22O3. The first-order valence-corrected chi connectivity index (χ1v) is 6.67. The minimum atomic E-state index is -0.288. The van der Waals surface area contributed by atoms with Crippen LogP contribution >= 0.6 is 0 Å². The van der Waals surface area contributed by atoms with E-state index in [2.05, 4.69) is 0 Å². The molecule has 3 nitrogen and oxygen atoms in total. The fourth-order valence-electron chi connectivity index (χ4n) is 2.58. The molecule has 0 radical (unpaired) electrons. The van der Waals surface area contributed by atoms with E-state index < -0.39 is 0 Å². The number of para-hydroxylation sites is 1. The van der Waals surface area contributed by atoms with E-state index in [9.17, 15) is 5.11 Å². The minimum Gasteiger partial charge on any atom is -0.496 e. The summed E-state index contributed by atoms with van der Waals surface area (Å²) in [6.07, 6.45) is 3.39. The maximum Gasteiger partial charge on any atom is 0.122 e. The van der Waals surface area contributed by atoms with Gasteiger partial charge in [-0.15, -0.1) is 0 Å². The highest BCUT2D eigenvalue weighted by atomic mass is 16.5. The van der Waals surface area contributed by atoms with Gasteiger partial charge in [-0.3, -0.25) is 0 Å². The second-order valence-corrected chi connectivity index (χ2v) is 4.96. The van der Waals surface area contributed by atoms with Gasteiger partial charge >= 0.3 is 0 Å². The maximum atomic E-state index is 10.2. The predicted molar refractivity (Wildman–Crippen MR) is 70.9 cm³/mol. The average molecular weight is 250 g/mol. The third kappa shape index (κ3) is 3.72. The first kappa shape index (κ1) is 13.4. The van der Waals surface area contributed by atoms with E-state index in [1.165, 1.54) is 0 Å². The second kappa shape index (κ2) is 6.76. The van der Waals surface area contributed by atoms with Crippen molar-refractivity contribution in [2.45, 2.75) is 31.8 Å². The molecule has 1 saturated heterocycles. The summed E-state index contributed by atoms with van der Waals surface area (Å²) < 4.78 is 10.6. The number of hydrogen-bond donors (Lipinski definition) is 1. The van der Waals surface area contributed by atoms with Crippen LogP contribution in [0.3, 0.4) is 0 Å². The molecule has 2 rings (SSSR count). The van der Waals surface area contributed by atoms with Crippen molar-refractivity contribution in [1.29, 1.82) is 0 Å². The Morgan fingerprint density at radius 3 is 2.78 bits per heavy atom. The number of benzene rings is 1. The lowest BCUT2D eigenvalue weighted by Gasteiger charge is -2.24. The van der Waals surface area contributed by atoms with Crippen molar-refractivity contribution < 1.29 is 14.6 Å². The smallest absolute Gasteiger partial charge is 0.122 e. The van der Waals surface area contributed by atoms with Gasteiger partial charge in [-0.1, -0.05) is 18.2 Å². The van der Waals surface area contributed by atoms with E-state index in [0.717, 1.165) is 43.8 Å². The molecule has 1 aromatic rings. The summed E-state index contributed by atoms with van der Waals surface area (Å²) >= 11 is 0. The van der Waals surface area contributed by atoms with E-state index in [4.69, 9.17) is 9.47 Å². The van der Waals surface area contributed by atoms with Crippen LogP contribution < -0.4 is 4.74 Å². The largest absolute Gasteiger partial charge is 0.496 e. The molecule has 1 fully saturated rings. The van der Waals surface area contributed by atoms with Crippen molar-refractivity contribution in [2.24, 2.45) is 5.92 Å². The van der Waals surface area contributed by atoms with Gasteiger partial charge in [0, 0.05) is 19.6 Å². The maximum absolute atomic E-state index is 10.2. The first-order valence-electron chi connectivity index (χ1n) is 6.67. The molecule has 0 amide bonds. The summed E-state index contributed by atoms with van der Waals surface area (Å²) in [4.78, 5) is 0. The van der Waals surface area contributed by atoms with Crippen molar-refractivity contribution in [1.82, 2.24) is 0 Å². The topological polar surface area (TPSA) is 38.7 Å². The Morgan fingerprint density at radius 1 is 1.33 bits per heavy atom. The van der Waals surface area contributed by atoms with Crippen LogP contribution in [0, 0.1) is 5.92 Å². The number of aliphatic hydroxyl groups excluding tert-OH is 1. The Kier molecular flexibility index (Phi) is 5.02. The SMILES string of the molecule is COc1ccccc1CC(O)CC1CCOCC1. The second-order valence-electron chi connectivity index (χ2n) is 4.96. The lowest BCUT2D eigenvalue weighted by atomic mass is 9.91. The van der Waals surface area contributed by atoms with E-state index >= 15 is 0 Å². The predicted octanol–water partition coefficient (Wildman–Crippen LogP) is 2.42. The number of ether oxygens (including phenoxy) is 2. The monoisotopic (exact) mass is 250 g/mol. The molecule has 18 heavy (non-hydrogen) atoms. The van der Waals surface area contributed by atoms with Gasteiger partial charge in [0.2, 0.25) is 0 Å². The molecule has 100 valence electrons. The molecular weight excluding hydrogens is 228 g/mol. The highest BCUT2D eigenvalue weighted by Crippen LogP contribution is 2.24. The van der Waals surface area contributed by atoms with Crippen LogP contribution in [-0.2, 0) is 11.2 Å². The molecule has 0 bridgehead atoms. The van der Waals surface area contributed by atoms with E-state index in [1.807, 2.05) is 24.3 Å². The Hall–Kier alpha value is -1.06. The molecule has 1 heterocycles. The standard InChI is InChI=1S/C15H22O3/c1-17-15-5-3-2-4-13(15)11-14(16)10-12-6-8-18-9-7-12/h2-5,12,14,16H,6-11H2,1H3. The fraction of sp³-hybridized carbons (Fsp3) is 0.600. The quantitative estimate of drug-likeness (QED) is 0.872. The van der Waals surface area contributed by atoms with Gasteiger partial charge in [0.1, 0.15) is 5.75 Å². The zero-order valence-electron chi connectivity index (χ0n) is 11.0. The van der Waals surface area contributed by atoms with Gasteiger partial charge in [-0.25, -0.2) is 0 Å². The van der Waals surface area contributed by atoms with E-state index in [0.29, 0.717) is 12.3 Å². The zero-order chi connectivity index (χ0) is 12.8. The van der Waals surface area contributed by atoms with Crippen molar-refractivity contribution in [2.75, 3.05) is 20.3 Å². The van der Waals surface area contributed by atoms with Crippen molar-refractivity contribution in [3.63, 3.8) is 0 Å². The summed E-state index contributed by atoms with van der Waals surface area (Å²) in [6.45, 7) is 1.68. The van der Waals surface area contributed by atoms with Gasteiger partial charge in [0.25, 0.3) is 0 Å². The Balaban J connectivity index is 1.87. The molecule has 3 heteroatoms. The van der Waals surface area contributed by atoms with Crippen LogP contribution in [0.15, 0.2) is 24.3 Å². The molecule has 1 aliphatic heterocycles. The normalized spacial score (nSPS) is 18.6. The molecule has 1 aliphatic rings. The van der Waals surface area contributed by atoms with Crippen molar-refractivity contribution >= 4 is 0 Å². The first-order chi connectivity index (χ1) is 8.79. The van der Waals surface area contributed by atoms with Crippen LogP contribution in [0.5, 0.6) is 5.75 Å². The van der Waals surface area contributed by atoms with E-state index in [1.54, 1.807) is 7.11 Å². The van der Waals surface area contributed by atoms with Crippen LogP contribution in [0.1, 0.15) is 24.8 Å². The molecule has 0 spiro atoms. The molecule has 1 atom stereocenters. The van der Waals surface area contributed by atoms with Crippen LogP contribution in [0.4, 0.5) is 0 Å². The Morgan fingerprint density at radius 2 is 2.06 bits per heavy atom. The fourth-order valence-corrected chi connectivity index (χ4v) is 2.58. The summed E-state index contributed by atoms with van der Waals surface area (Å²) in [5.74, 6) is 1.46. The summed E-state index contributed by atoms with van der Waals surface area (Å²) in [5, 5.41) is 10.2. The molecule has 0 aromatic heterocycles. The lowest BCUT2D eigenvalue weighted by Crippen LogP contribution is -2.22.